The van der Waals surface area contributed by atoms with Crippen LogP contribution >= 0.6 is 11.6 Å². The van der Waals surface area contributed by atoms with Crippen LogP contribution in [0.2, 0.25) is 5.02 Å². The molecule has 1 aromatic carbocycles. The summed E-state index contributed by atoms with van der Waals surface area (Å²) in [5, 5.41) is 14.4. The van der Waals surface area contributed by atoms with E-state index < -0.39 is 0 Å². The molecular formula is C26H25ClN8. The SMILES string of the molecule is CCn1ccc(Cc2ncc3c(n2)-c2c(nn(C)c2-c2ccc(-c4cnn(C)c4)cc2Cl)CC3)n1. The number of nitrogens with zero attached hydrogens (tertiary/aromatic N) is 8. The summed E-state index contributed by atoms with van der Waals surface area (Å²) in [5.74, 6) is 0.755. The van der Waals surface area contributed by atoms with E-state index in [0.29, 0.717) is 11.4 Å². The topological polar surface area (TPSA) is 79.2 Å². The van der Waals surface area contributed by atoms with Gasteiger partial charge in [-0.3, -0.25) is 14.0 Å². The number of hydrogen-bond donors (Lipinski definition) is 0. The Labute approximate surface area is 208 Å². The van der Waals surface area contributed by atoms with Crippen molar-refractivity contribution >= 4 is 11.6 Å². The van der Waals surface area contributed by atoms with Crippen molar-refractivity contribution in [3.8, 4) is 33.6 Å². The Kier molecular flexibility index (Phi) is 5.25. The fourth-order valence-corrected chi connectivity index (χ4v) is 5.06. The first kappa shape index (κ1) is 21.7. The van der Waals surface area contributed by atoms with Crippen molar-refractivity contribution in [2.24, 2.45) is 14.1 Å². The Morgan fingerprint density at radius 2 is 1.91 bits per heavy atom. The molecule has 8 nitrogen and oxygen atoms in total. The summed E-state index contributed by atoms with van der Waals surface area (Å²) in [5.41, 5.74) is 9.10. The lowest BCUT2D eigenvalue weighted by atomic mass is 9.91. The average Bonchev–Trinajstić information content (AvgIpc) is 3.57. The number of halogens is 1. The predicted octanol–water partition coefficient (Wildman–Crippen LogP) is 4.50. The van der Waals surface area contributed by atoms with Crippen molar-refractivity contribution in [2.45, 2.75) is 32.7 Å². The highest BCUT2D eigenvalue weighted by molar-refractivity contribution is 6.33. The second-order valence-electron chi connectivity index (χ2n) is 8.89. The fourth-order valence-electron chi connectivity index (χ4n) is 4.79. The summed E-state index contributed by atoms with van der Waals surface area (Å²) in [7, 11) is 3.88. The van der Waals surface area contributed by atoms with Gasteiger partial charge in [0.1, 0.15) is 5.82 Å². The van der Waals surface area contributed by atoms with Crippen LogP contribution in [0.5, 0.6) is 0 Å². The standard InChI is InChI=1S/C26H25ClN8/c1-4-35-10-9-19(31-35)12-23-28-13-17-6-8-22-24(25(17)30-23)26(34(3)32-22)20-7-5-16(11-21(20)27)18-14-29-33(2)15-18/h5,7,9-11,13-15H,4,6,8,12H2,1-3H3. The summed E-state index contributed by atoms with van der Waals surface area (Å²) < 4.78 is 5.63. The van der Waals surface area contributed by atoms with E-state index in [1.54, 1.807) is 4.68 Å². The summed E-state index contributed by atoms with van der Waals surface area (Å²) >= 11 is 6.86. The first-order valence-corrected chi connectivity index (χ1v) is 12.1. The molecular weight excluding hydrogens is 460 g/mol. The van der Waals surface area contributed by atoms with E-state index in [0.717, 1.165) is 75.8 Å². The maximum absolute atomic E-state index is 6.86. The molecule has 0 fully saturated rings. The van der Waals surface area contributed by atoms with Crippen LogP contribution in [0.1, 0.15) is 29.7 Å². The van der Waals surface area contributed by atoms with Gasteiger partial charge >= 0.3 is 0 Å². The molecule has 0 aliphatic heterocycles. The van der Waals surface area contributed by atoms with Gasteiger partial charge in [-0.2, -0.15) is 15.3 Å². The second-order valence-corrected chi connectivity index (χ2v) is 9.30. The van der Waals surface area contributed by atoms with Crippen LogP contribution in [0.3, 0.4) is 0 Å². The molecule has 0 saturated carbocycles. The maximum Gasteiger partial charge on any atom is 0.134 e. The van der Waals surface area contributed by atoms with Gasteiger partial charge in [0.25, 0.3) is 0 Å². The van der Waals surface area contributed by atoms with Gasteiger partial charge < -0.3 is 0 Å². The average molecular weight is 485 g/mol. The maximum atomic E-state index is 6.86. The van der Waals surface area contributed by atoms with Gasteiger partial charge in [0.15, 0.2) is 0 Å². The summed E-state index contributed by atoms with van der Waals surface area (Å²) in [6, 6.07) is 8.16. The van der Waals surface area contributed by atoms with E-state index in [-0.39, 0.29) is 0 Å². The first-order chi connectivity index (χ1) is 17.0. The van der Waals surface area contributed by atoms with Crippen LogP contribution in [0, 0.1) is 0 Å². The van der Waals surface area contributed by atoms with Crippen molar-refractivity contribution in [2.75, 3.05) is 0 Å². The van der Waals surface area contributed by atoms with Crippen LogP contribution in [-0.4, -0.2) is 39.3 Å². The van der Waals surface area contributed by atoms with E-state index >= 15 is 0 Å². The van der Waals surface area contributed by atoms with Crippen LogP contribution in [0.4, 0.5) is 0 Å². The number of rotatable bonds is 5. The Morgan fingerprint density at radius 3 is 2.66 bits per heavy atom. The van der Waals surface area contributed by atoms with E-state index in [2.05, 4.69) is 34.2 Å². The molecule has 0 N–H and O–H groups in total. The highest BCUT2D eigenvalue weighted by atomic mass is 35.5. The molecule has 0 unspecified atom stereocenters. The van der Waals surface area contributed by atoms with Crippen LogP contribution in [0.15, 0.2) is 49.1 Å². The zero-order valence-electron chi connectivity index (χ0n) is 19.9. The molecule has 4 aromatic heterocycles. The van der Waals surface area contributed by atoms with E-state index in [1.807, 2.05) is 60.4 Å². The fraction of sp³-hybridized carbons (Fsp3) is 0.269. The smallest absolute Gasteiger partial charge is 0.134 e. The highest BCUT2D eigenvalue weighted by Crippen LogP contribution is 2.42. The molecule has 176 valence electrons. The number of aryl methyl sites for hydroxylation is 5. The number of aromatic nitrogens is 8. The third-order valence-corrected chi connectivity index (χ3v) is 6.84. The minimum Gasteiger partial charge on any atom is -0.275 e. The molecule has 0 amide bonds. The van der Waals surface area contributed by atoms with E-state index in [1.165, 1.54) is 0 Å². The van der Waals surface area contributed by atoms with Gasteiger partial charge in [-0.1, -0.05) is 23.7 Å². The molecule has 1 aliphatic rings. The third kappa shape index (κ3) is 3.83. The van der Waals surface area contributed by atoms with Gasteiger partial charge in [0, 0.05) is 55.9 Å². The molecule has 0 spiro atoms. The van der Waals surface area contributed by atoms with E-state index in [9.17, 15) is 0 Å². The summed E-state index contributed by atoms with van der Waals surface area (Å²) in [4.78, 5) is 9.66. The Morgan fingerprint density at radius 1 is 1.03 bits per heavy atom. The molecule has 5 aromatic rings. The minimum absolute atomic E-state index is 0.589. The van der Waals surface area contributed by atoms with Gasteiger partial charge in [0.05, 0.1) is 40.4 Å². The Balaban J connectivity index is 1.42. The Hall–Kier alpha value is -3.78. The van der Waals surface area contributed by atoms with Crippen molar-refractivity contribution in [1.82, 2.24) is 39.3 Å². The van der Waals surface area contributed by atoms with Crippen molar-refractivity contribution < 1.29 is 0 Å². The Bertz CT molecular complexity index is 1560. The van der Waals surface area contributed by atoms with Gasteiger partial charge in [-0.15, -0.1) is 0 Å². The first-order valence-electron chi connectivity index (χ1n) is 11.7. The van der Waals surface area contributed by atoms with Crippen LogP contribution in [0.25, 0.3) is 33.6 Å². The lowest BCUT2D eigenvalue weighted by Gasteiger charge is -2.17. The molecule has 1 aliphatic carbocycles. The van der Waals surface area contributed by atoms with Crippen molar-refractivity contribution in [3.05, 3.63) is 76.9 Å². The molecule has 6 rings (SSSR count). The number of hydrogen-bond acceptors (Lipinski definition) is 5. The minimum atomic E-state index is 0.589. The summed E-state index contributed by atoms with van der Waals surface area (Å²) in [6.45, 7) is 2.92. The lowest BCUT2D eigenvalue weighted by molar-refractivity contribution is 0.648. The predicted molar refractivity (Wildman–Crippen MR) is 135 cm³/mol. The second kappa shape index (κ2) is 8.46. The normalized spacial score (nSPS) is 12.6. The monoisotopic (exact) mass is 484 g/mol. The molecule has 9 heteroatoms. The van der Waals surface area contributed by atoms with Crippen molar-refractivity contribution in [1.29, 1.82) is 0 Å². The molecule has 35 heavy (non-hydrogen) atoms. The zero-order chi connectivity index (χ0) is 24.1. The number of benzene rings is 1. The third-order valence-electron chi connectivity index (χ3n) is 6.52. The largest absolute Gasteiger partial charge is 0.275 e. The summed E-state index contributed by atoms with van der Waals surface area (Å²) in [6.07, 6.45) is 10.1. The van der Waals surface area contributed by atoms with Crippen molar-refractivity contribution in [3.63, 3.8) is 0 Å². The van der Waals surface area contributed by atoms with Crippen LogP contribution in [-0.2, 0) is 39.9 Å². The van der Waals surface area contributed by atoms with E-state index in [4.69, 9.17) is 21.7 Å². The van der Waals surface area contributed by atoms with Gasteiger partial charge in [-0.05, 0) is 43.0 Å². The highest BCUT2D eigenvalue weighted by Gasteiger charge is 2.28. The quantitative estimate of drug-likeness (QED) is 0.367. The molecule has 0 saturated heterocycles. The van der Waals surface area contributed by atoms with Gasteiger partial charge in [0.2, 0.25) is 0 Å². The van der Waals surface area contributed by atoms with Crippen LogP contribution < -0.4 is 0 Å². The molecule has 0 atom stereocenters. The molecule has 0 radical (unpaired) electrons. The number of fused-ring (bicyclic) bond motifs is 3. The molecule has 0 bridgehead atoms. The molecule has 4 heterocycles. The zero-order valence-corrected chi connectivity index (χ0v) is 20.7. The van der Waals surface area contributed by atoms with Gasteiger partial charge in [-0.25, -0.2) is 9.97 Å². The lowest BCUT2D eigenvalue weighted by Crippen LogP contribution is -2.09.